The van der Waals surface area contributed by atoms with E-state index in [-0.39, 0.29) is 17.5 Å². The molecule has 134 valence electrons. The third kappa shape index (κ3) is 4.25. The molecule has 1 atom stereocenters. The van der Waals surface area contributed by atoms with Gasteiger partial charge < -0.3 is 10.2 Å². The van der Waals surface area contributed by atoms with E-state index in [1.165, 1.54) is 5.56 Å². The van der Waals surface area contributed by atoms with Crippen LogP contribution in [0.3, 0.4) is 0 Å². The van der Waals surface area contributed by atoms with Gasteiger partial charge in [0.05, 0.1) is 17.7 Å². The summed E-state index contributed by atoms with van der Waals surface area (Å²) in [4.78, 5) is 6.51. The van der Waals surface area contributed by atoms with Gasteiger partial charge in [0, 0.05) is 18.3 Å². The van der Waals surface area contributed by atoms with Gasteiger partial charge in [-0.3, -0.25) is 0 Å². The lowest BCUT2D eigenvalue weighted by Crippen LogP contribution is -2.37. The first-order valence-corrected chi connectivity index (χ1v) is 10.4. The van der Waals surface area contributed by atoms with Crippen LogP contribution in [0, 0.1) is 0 Å². The minimum Gasteiger partial charge on any atom is -0.351 e. The van der Waals surface area contributed by atoms with Crippen molar-refractivity contribution in [1.29, 1.82) is 0 Å². The van der Waals surface area contributed by atoms with Gasteiger partial charge in [-0.1, -0.05) is 19.1 Å². The Balaban J connectivity index is 1.77. The summed E-state index contributed by atoms with van der Waals surface area (Å²) in [5.74, 6) is 1.46. The number of hydrogen-bond acceptors (Lipinski definition) is 7. The van der Waals surface area contributed by atoms with Crippen molar-refractivity contribution >= 4 is 27.3 Å². The molecule has 25 heavy (non-hydrogen) atoms. The van der Waals surface area contributed by atoms with E-state index in [1.807, 2.05) is 24.0 Å². The summed E-state index contributed by atoms with van der Waals surface area (Å²) in [6, 6.07) is 8.03. The Morgan fingerprint density at radius 2 is 2.00 bits per heavy atom. The smallest absolute Gasteiger partial charge is 0.249 e. The molecule has 1 fully saturated rings. The lowest BCUT2D eigenvalue weighted by Gasteiger charge is -2.27. The second kappa shape index (κ2) is 7.35. The summed E-state index contributed by atoms with van der Waals surface area (Å²) < 4.78 is 23.5. The van der Waals surface area contributed by atoms with Crippen molar-refractivity contribution in [2.75, 3.05) is 28.3 Å². The molecule has 0 amide bonds. The predicted octanol–water partition coefficient (Wildman–Crippen LogP) is 2.19. The number of benzene rings is 1. The highest BCUT2D eigenvalue weighted by Crippen LogP contribution is 2.23. The van der Waals surface area contributed by atoms with Gasteiger partial charge in [-0.15, -0.1) is 5.10 Å². The fourth-order valence-electron chi connectivity index (χ4n) is 3.07. The summed E-state index contributed by atoms with van der Waals surface area (Å²) >= 11 is 0. The Bertz CT molecular complexity index is 823. The van der Waals surface area contributed by atoms with E-state index in [0.717, 1.165) is 12.1 Å². The van der Waals surface area contributed by atoms with Gasteiger partial charge in [-0.25, -0.2) is 8.42 Å². The number of aryl methyl sites for hydroxylation is 1. The molecule has 0 aliphatic carbocycles. The zero-order valence-electron chi connectivity index (χ0n) is 14.5. The van der Waals surface area contributed by atoms with Crippen molar-refractivity contribution in [2.45, 2.75) is 32.7 Å². The molecule has 1 aromatic heterocycles. The van der Waals surface area contributed by atoms with Crippen molar-refractivity contribution in [1.82, 2.24) is 15.2 Å². The number of nitrogens with one attached hydrogen (secondary N) is 1. The summed E-state index contributed by atoms with van der Waals surface area (Å²) in [6.45, 7) is 4.77. The zero-order valence-corrected chi connectivity index (χ0v) is 15.3. The van der Waals surface area contributed by atoms with E-state index in [1.54, 1.807) is 6.20 Å². The standard InChI is InChI=1S/C17H23N5O2S/c1-3-13-5-7-14(8-6-13)19-17-20-16(11-18-21-17)22(4-2)15-9-10-25(23,24)12-15/h5-8,11,15H,3-4,9-10,12H2,1-2H3,(H,19,20,21). The van der Waals surface area contributed by atoms with E-state index < -0.39 is 9.84 Å². The number of aromatic nitrogens is 3. The van der Waals surface area contributed by atoms with E-state index >= 15 is 0 Å². The molecule has 2 aromatic rings. The first-order valence-electron chi connectivity index (χ1n) is 8.53. The summed E-state index contributed by atoms with van der Waals surface area (Å²) in [5.41, 5.74) is 2.15. The first-order chi connectivity index (χ1) is 12.0. The van der Waals surface area contributed by atoms with Crippen LogP contribution in [0.25, 0.3) is 0 Å². The average molecular weight is 361 g/mol. The van der Waals surface area contributed by atoms with Gasteiger partial charge in [0.15, 0.2) is 15.7 Å². The van der Waals surface area contributed by atoms with Gasteiger partial charge in [0.1, 0.15) is 0 Å². The van der Waals surface area contributed by atoms with E-state index in [4.69, 9.17) is 0 Å². The topological polar surface area (TPSA) is 88.1 Å². The van der Waals surface area contributed by atoms with Gasteiger partial charge in [-0.05, 0) is 37.5 Å². The number of anilines is 3. The van der Waals surface area contributed by atoms with Crippen LogP contribution >= 0.6 is 0 Å². The predicted molar refractivity (Wildman–Crippen MR) is 99.0 cm³/mol. The summed E-state index contributed by atoms with van der Waals surface area (Å²) in [6.07, 6.45) is 3.20. The van der Waals surface area contributed by atoms with Crippen molar-refractivity contribution in [3.8, 4) is 0 Å². The van der Waals surface area contributed by atoms with Crippen molar-refractivity contribution in [2.24, 2.45) is 0 Å². The Hall–Kier alpha value is -2.22. The molecule has 0 spiro atoms. The molecule has 1 N–H and O–H groups in total. The molecule has 8 heteroatoms. The number of nitrogens with zero attached hydrogens (tertiary/aromatic N) is 4. The normalized spacial score (nSPS) is 18.9. The minimum atomic E-state index is -2.95. The average Bonchev–Trinajstić information content (AvgIpc) is 2.96. The summed E-state index contributed by atoms with van der Waals surface area (Å²) in [5, 5.41) is 11.2. The molecule has 3 rings (SSSR count). The molecule has 1 unspecified atom stereocenters. The Labute approximate surface area is 148 Å². The minimum absolute atomic E-state index is 0.0524. The highest BCUT2D eigenvalue weighted by Gasteiger charge is 2.32. The van der Waals surface area contributed by atoms with Crippen LogP contribution in [-0.4, -0.2) is 47.7 Å². The molecule has 1 saturated heterocycles. The van der Waals surface area contributed by atoms with Gasteiger partial charge >= 0.3 is 0 Å². The van der Waals surface area contributed by atoms with Crippen molar-refractivity contribution in [3.63, 3.8) is 0 Å². The van der Waals surface area contributed by atoms with Crippen LogP contribution in [-0.2, 0) is 16.3 Å². The van der Waals surface area contributed by atoms with E-state index in [0.29, 0.717) is 24.7 Å². The molecule has 2 heterocycles. The SMILES string of the molecule is CCc1ccc(Nc2nncc(N(CC)C3CCS(=O)(=O)C3)n2)cc1. The molecule has 1 aromatic carbocycles. The maximum absolute atomic E-state index is 11.8. The fraction of sp³-hybridized carbons (Fsp3) is 0.471. The maximum atomic E-state index is 11.8. The van der Waals surface area contributed by atoms with E-state index in [9.17, 15) is 8.42 Å². The molecule has 1 aliphatic heterocycles. The molecule has 0 bridgehead atoms. The molecule has 7 nitrogen and oxygen atoms in total. The van der Waals surface area contributed by atoms with Crippen molar-refractivity contribution in [3.05, 3.63) is 36.0 Å². The fourth-order valence-corrected chi connectivity index (χ4v) is 4.80. The van der Waals surface area contributed by atoms with Crippen LogP contribution in [0.1, 0.15) is 25.8 Å². The van der Waals surface area contributed by atoms with Gasteiger partial charge in [0.25, 0.3) is 0 Å². The Morgan fingerprint density at radius 3 is 2.60 bits per heavy atom. The van der Waals surface area contributed by atoms with Gasteiger partial charge in [-0.2, -0.15) is 10.1 Å². The lowest BCUT2D eigenvalue weighted by atomic mass is 10.1. The van der Waals surface area contributed by atoms with Gasteiger partial charge in [0.2, 0.25) is 5.95 Å². The monoisotopic (exact) mass is 361 g/mol. The molecular formula is C17H23N5O2S. The third-order valence-electron chi connectivity index (χ3n) is 4.45. The van der Waals surface area contributed by atoms with Crippen LogP contribution in [0.2, 0.25) is 0 Å². The molecule has 0 saturated carbocycles. The lowest BCUT2D eigenvalue weighted by molar-refractivity contribution is 0.599. The number of hydrogen-bond donors (Lipinski definition) is 1. The van der Waals surface area contributed by atoms with Crippen LogP contribution in [0.15, 0.2) is 30.5 Å². The summed E-state index contributed by atoms with van der Waals surface area (Å²) in [7, 11) is -2.95. The molecule has 1 aliphatic rings. The highest BCUT2D eigenvalue weighted by atomic mass is 32.2. The molecule has 0 radical (unpaired) electrons. The number of rotatable bonds is 6. The zero-order chi connectivity index (χ0) is 17.9. The maximum Gasteiger partial charge on any atom is 0.249 e. The Morgan fingerprint density at radius 1 is 1.24 bits per heavy atom. The quantitative estimate of drug-likeness (QED) is 0.844. The Kier molecular flexibility index (Phi) is 5.17. The molecular weight excluding hydrogens is 338 g/mol. The van der Waals surface area contributed by atoms with Crippen LogP contribution in [0.5, 0.6) is 0 Å². The van der Waals surface area contributed by atoms with Crippen LogP contribution < -0.4 is 10.2 Å². The first kappa shape index (κ1) is 17.6. The largest absolute Gasteiger partial charge is 0.351 e. The highest BCUT2D eigenvalue weighted by molar-refractivity contribution is 7.91. The van der Waals surface area contributed by atoms with Crippen LogP contribution in [0.4, 0.5) is 17.5 Å². The van der Waals surface area contributed by atoms with Crippen molar-refractivity contribution < 1.29 is 8.42 Å². The number of sulfone groups is 1. The second-order valence-electron chi connectivity index (χ2n) is 6.16. The van der Waals surface area contributed by atoms with E-state index in [2.05, 4.69) is 39.6 Å². The third-order valence-corrected chi connectivity index (χ3v) is 6.20. The second-order valence-corrected chi connectivity index (χ2v) is 8.39.